The molecule has 0 aliphatic rings. The summed E-state index contributed by atoms with van der Waals surface area (Å²) in [7, 11) is 0. The Labute approximate surface area is 160 Å². The van der Waals surface area contributed by atoms with Crippen LogP contribution in [0.2, 0.25) is 0 Å². The molecule has 1 amide bonds. The van der Waals surface area contributed by atoms with Gasteiger partial charge in [0, 0.05) is 31.1 Å². The Balaban J connectivity index is 1.58. The van der Waals surface area contributed by atoms with E-state index in [4.69, 9.17) is 4.74 Å². The van der Waals surface area contributed by atoms with Gasteiger partial charge in [-0.15, -0.1) is 11.8 Å². The summed E-state index contributed by atoms with van der Waals surface area (Å²) in [5, 5.41) is 3.00. The number of hydrogen-bond acceptors (Lipinski definition) is 4. The molecule has 2 aromatic rings. The van der Waals surface area contributed by atoms with E-state index in [1.807, 2.05) is 30.3 Å². The Kier molecular flexibility index (Phi) is 8.90. The molecule has 0 aliphatic carbocycles. The highest BCUT2D eigenvalue weighted by atomic mass is 32.2. The molecule has 0 saturated carbocycles. The number of carbonyl (C=O) groups excluding carboxylic acids is 1. The van der Waals surface area contributed by atoms with Crippen LogP contribution >= 0.6 is 11.8 Å². The molecular formula is C21H28N2O2S. The molecule has 0 heterocycles. The lowest BCUT2D eigenvalue weighted by molar-refractivity contribution is -0.118. The predicted molar refractivity (Wildman–Crippen MR) is 111 cm³/mol. The highest BCUT2D eigenvalue weighted by molar-refractivity contribution is 7.99. The molecule has 0 aromatic heterocycles. The van der Waals surface area contributed by atoms with Crippen LogP contribution in [0.4, 0.5) is 5.69 Å². The third kappa shape index (κ3) is 7.40. The van der Waals surface area contributed by atoms with Crippen LogP contribution in [0.25, 0.3) is 0 Å². The molecule has 0 atom stereocenters. The smallest absolute Gasteiger partial charge is 0.230 e. The lowest BCUT2D eigenvalue weighted by Crippen LogP contribution is -2.35. The Morgan fingerprint density at radius 3 is 2.69 bits per heavy atom. The van der Waals surface area contributed by atoms with Gasteiger partial charge in [-0.05, 0) is 43.7 Å². The Bertz CT molecular complexity index is 664. The molecule has 0 radical (unpaired) electrons. The summed E-state index contributed by atoms with van der Waals surface area (Å²) in [6.45, 7) is 7.23. The molecule has 140 valence electrons. The first-order valence-electron chi connectivity index (χ1n) is 9.03. The SMILES string of the molecule is CCN(CCNC(=O)CSCCOc1ccccc1)c1cccc(C)c1. The first kappa shape index (κ1) is 20.2. The first-order chi connectivity index (χ1) is 12.7. The number of benzene rings is 2. The van der Waals surface area contributed by atoms with Crippen molar-refractivity contribution in [2.45, 2.75) is 13.8 Å². The summed E-state index contributed by atoms with van der Waals surface area (Å²) in [6.07, 6.45) is 0. The molecule has 0 saturated heterocycles. The fourth-order valence-electron chi connectivity index (χ4n) is 2.58. The number of amides is 1. The highest BCUT2D eigenvalue weighted by Gasteiger charge is 2.06. The minimum Gasteiger partial charge on any atom is -0.493 e. The minimum atomic E-state index is 0.0787. The van der Waals surface area contributed by atoms with Gasteiger partial charge in [0.05, 0.1) is 12.4 Å². The van der Waals surface area contributed by atoms with Crippen molar-refractivity contribution in [3.63, 3.8) is 0 Å². The first-order valence-corrected chi connectivity index (χ1v) is 10.2. The number of rotatable bonds is 11. The van der Waals surface area contributed by atoms with Crippen molar-refractivity contribution in [2.75, 3.05) is 42.6 Å². The van der Waals surface area contributed by atoms with Crippen LogP contribution in [0.5, 0.6) is 5.75 Å². The van der Waals surface area contributed by atoms with Gasteiger partial charge in [-0.1, -0.05) is 30.3 Å². The second-order valence-electron chi connectivity index (χ2n) is 5.98. The average molecular weight is 373 g/mol. The number of para-hydroxylation sites is 1. The zero-order chi connectivity index (χ0) is 18.6. The van der Waals surface area contributed by atoms with Crippen molar-refractivity contribution >= 4 is 23.4 Å². The number of nitrogens with zero attached hydrogens (tertiary/aromatic N) is 1. The van der Waals surface area contributed by atoms with Crippen LogP contribution in [0.15, 0.2) is 54.6 Å². The number of nitrogens with one attached hydrogen (secondary N) is 1. The van der Waals surface area contributed by atoms with E-state index >= 15 is 0 Å². The van der Waals surface area contributed by atoms with Gasteiger partial charge in [-0.25, -0.2) is 0 Å². The minimum absolute atomic E-state index is 0.0787. The lowest BCUT2D eigenvalue weighted by Gasteiger charge is -2.23. The molecule has 0 aliphatic heterocycles. The van der Waals surface area contributed by atoms with E-state index in [1.165, 1.54) is 11.3 Å². The summed E-state index contributed by atoms with van der Waals surface area (Å²) in [4.78, 5) is 14.2. The summed E-state index contributed by atoms with van der Waals surface area (Å²) >= 11 is 1.59. The topological polar surface area (TPSA) is 41.6 Å². The number of ether oxygens (including phenoxy) is 1. The van der Waals surface area contributed by atoms with Gasteiger partial charge in [0.25, 0.3) is 0 Å². The van der Waals surface area contributed by atoms with Gasteiger partial charge in [0.2, 0.25) is 5.91 Å². The summed E-state index contributed by atoms with van der Waals surface area (Å²) in [5.41, 5.74) is 2.45. The number of hydrogen-bond donors (Lipinski definition) is 1. The predicted octanol–water partition coefficient (Wildman–Crippen LogP) is 3.75. The van der Waals surface area contributed by atoms with Crippen molar-refractivity contribution in [3.8, 4) is 5.75 Å². The molecule has 2 rings (SSSR count). The van der Waals surface area contributed by atoms with E-state index in [1.54, 1.807) is 11.8 Å². The third-order valence-electron chi connectivity index (χ3n) is 3.93. The number of anilines is 1. The maximum Gasteiger partial charge on any atom is 0.230 e. The van der Waals surface area contributed by atoms with Crippen LogP contribution < -0.4 is 15.0 Å². The zero-order valence-corrected chi connectivity index (χ0v) is 16.4. The van der Waals surface area contributed by atoms with Gasteiger partial charge in [0.15, 0.2) is 0 Å². The molecule has 4 nitrogen and oxygen atoms in total. The van der Waals surface area contributed by atoms with E-state index in [0.717, 1.165) is 24.6 Å². The highest BCUT2D eigenvalue weighted by Crippen LogP contribution is 2.15. The molecule has 1 N–H and O–H groups in total. The van der Waals surface area contributed by atoms with E-state index in [-0.39, 0.29) is 5.91 Å². The number of aryl methyl sites for hydroxylation is 1. The van der Waals surface area contributed by atoms with Crippen molar-refractivity contribution in [1.29, 1.82) is 0 Å². The number of carbonyl (C=O) groups is 1. The molecule has 2 aromatic carbocycles. The van der Waals surface area contributed by atoms with Crippen LogP contribution in [0, 0.1) is 6.92 Å². The molecule has 0 unspecified atom stereocenters. The Hall–Kier alpha value is -2.14. The summed E-state index contributed by atoms with van der Waals surface area (Å²) < 4.78 is 5.61. The van der Waals surface area contributed by atoms with Gasteiger partial charge in [-0.2, -0.15) is 0 Å². The maximum absolute atomic E-state index is 11.9. The maximum atomic E-state index is 11.9. The second-order valence-corrected chi connectivity index (χ2v) is 7.09. The van der Waals surface area contributed by atoms with Crippen LogP contribution in [0.1, 0.15) is 12.5 Å². The average Bonchev–Trinajstić information content (AvgIpc) is 2.66. The quantitative estimate of drug-likeness (QED) is 0.610. The molecule has 26 heavy (non-hydrogen) atoms. The molecule has 0 spiro atoms. The Morgan fingerprint density at radius 1 is 1.15 bits per heavy atom. The zero-order valence-electron chi connectivity index (χ0n) is 15.6. The normalized spacial score (nSPS) is 10.4. The molecule has 0 bridgehead atoms. The molecule has 0 fully saturated rings. The monoisotopic (exact) mass is 372 g/mol. The van der Waals surface area contributed by atoms with Gasteiger partial charge in [-0.3, -0.25) is 4.79 Å². The van der Waals surface area contributed by atoms with E-state index in [2.05, 4.69) is 48.3 Å². The lowest BCUT2D eigenvalue weighted by atomic mass is 10.2. The van der Waals surface area contributed by atoms with Gasteiger partial charge in [0.1, 0.15) is 5.75 Å². The van der Waals surface area contributed by atoms with E-state index < -0.39 is 0 Å². The second kappa shape index (κ2) is 11.5. The summed E-state index contributed by atoms with van der Waals surface area (Å²) in [6, 6.07) is 18.2. The number of thioether (sulfide) groups is 1. The van der Waals surface area contributed by atoms with E-state index in [0.29, 0.717) is 18.9 Å². The molecule has 5 heteroatoms. The van der Waals surface area contributed by atoms with Crippen molar-refractivity contribution in [2.24, 2.45) is 0 Å². The van der Waals surface area contributed by atoms with Crippen molar-refractivity contribution in [3.05, 3.63) is 60.2 Å². The van der Waals surface area contributed by atoms with Crippen molar-refractivity contribution < 1.29 is 9.53 Å². The van der Waals surface area contributed by atoms with Crippen LogP contribution in [0.3, 0.4) is 0 Å². The third-order valence-corrected chi connectivity index (χ3v) is 4.85. The van der Waals surface area contributed by atoms with Gasteiger partial charge >= 0.3 is 0 Å². The summed E-state index contributed by atoms with van der Waals surface area (Å²) in [5.74, 6) is 2.21. The molecular weight excluding hydrogens is 344 g/mol. The van der Waals surface area contributed by atoms with Crippen molar-refractivity contribution in [1.82, 2.24) is 5.32 Å². The Morgan fingerprint density at radius 2 is 1.96 bits per heavy atom. The fourth-order valence-corrected chi connectivity index (χ4v) is 3.21. The largest absolute Gasteiger partial charge is 0.493 e. The number of likely N-dealkylation sites (N-methyl/N-ethyl adjacent to an activating group) is 1. The van der Waals surface area contributed by atoms with Crippen LogP contribution in [-0.4, -0.2) is 43.7 Å². The standard InChI is InChI=1S/C21H28N2O2S/c1-3-23(19-9-7-8-18(2)16-19)13-12-22-21(24)17-26-15-14-25-20-10-5-4-6-11-20/h4-11,16H,3,12-15,17H2,1-2H3,(H,22,24). The van der Waals surface area contributed by atoms with Gasteiger partial charge < -0.3 is 15.0 Å². The van der Waals surface area contributed by atoms with E-state index in [9.17, 15) is 4.79 Å². The van der Waals surface area contributed by atoms with Crippen LogP contribution in [-0.2, 0) is 4.79 Å². The fraction of sp³-hybridized carbons (Fsp3) is 0.381.